The zero-order valence-corrected chi connectivity index (χ0v) is 22.2. The van der Waals surface area contributed by atoms with Crippen molar-refractivity contribution in [1.82, 2.24) is 14.5 Å². The summed E-state index contributed by atoms with van der Waals surface area (Å²) in [6.07, 6.45) is 3.81. The minimum absolute atomic E-state index is 0.904. The first-order valence-corrected chi connectivity index (χ1v) is 14.2. The van der Waals surface area contributed by atoms with Gasteiger partial charge in [-0.25, -0.2) is 0 Å². The Morgan fingerprint density at radius 3 is 2.27 bits per heavy atom. The van der Waals surface area contributed by atoms with Crippen molar-refractivity contribution in [2.45, 2.75) is 0 Å². The number of benzene rings is 5. The van der Waals surface area contributed by atoms with E-state index in [-0.39, 0.29) is 0 Å². The summed E-state index contributed by atoms with van der Waals surface area (Å²) >= 11 is 1.86. The molecule has 9 rings (SSSR count). The Bertz CT molecular complexity index is 2450. The van der Waals surface area contributed by atoms with Crippen LogP contribution in [0.15, 0.2) is 128 Å². The number of hydrogen-bond donors (Lipinski definition) is 0. The Morgan fingerprint density at radius 1 is 0.550 bits per heavy atom. The summed E-state index contributed by atoms with van der Waals surface area (Å²) in [4.78, 5) is 9.43. The second kappa shape index (κ2) is 8.22. The van der Waals surface area contributed by atoms with E-state index in [1.54, 1.807) is 0 Å². The van der Waals surface area contributed by atoms with E-state index in [1.807, 2.05) is 35.9 Å². The summed E-state index contributed by atoms with van der Waals surface area (Å²) in [5.41, 5.74) is 7.77. The molecule has 186 valence electrons. The van der Waals surface area contributed by atoms with Crippen molar-refractivity contribution in [3.63, 3.8) is 0 Å². The maximum Gasteiger partial charge on any atom is 0.0986 e. The molecule has 0 radical (unpaired) electrons. The number of pyridine rings is 2. The summed E-state index contributed by atoms with van der Waals surface area (Å²) in [6, 6.07) is 41.6. The maximum absolute atomic E-state index is 4.76. The lowest BCUT2D eigenvalue weighted by Crippen LogP contribution is -1.97. The van der Waals surface area contributed by atoms with Crippen LogP contribution in [0.1, 0.15) is 0 Å². The van der Waals surface area contributed by atoms with E-state index in [4.69, 9.17) is 4.98 Å². The Morgan fingerprint density at radius 2 is 1.32 bits per heavy atom. The third-order valence-corrected chi connectivity index (χ3v) is 9.22. The summed E-state index contributed by atoms with van der Waals surface area (Å²) in [5, 5.41) is 7.34. The highest BCUT2D eigenvalue weighted by Crippen LogP contribution is 2.40. The molecule has 4 heterocycles. The molecule has 9 aromatic rings. The predicted molar refractivity (Wildman–Crippen MR) is 170 cm³/mol. The molecule has 0 aliphatic heterocycles. The van der Waals surface area contributed by atoms with Crippen LogP contribution in [0.3, 0.4) is 0 Å². The molecule has 0 spiro atoms. The summed E-state index contributed by atoms with van der Waals surface area (Å²) in [7, 11) is 0. The molecular formula is C36H21N3S. The molecule has 0 amide bonds. The van der Waals surface area contributed by atoms with Crippen molar-refractivity contribution in [2.24, 2.45) is 0 Å². The molecule has 0 aliphatic rings. The predicted octanol–water partition coefficient (Wildman–Crippen LogP) is 9.91. The molecule has 0 fully saturated rings. The van der Waals surface area contributed by atoms with E-state index in [0.29, 0.717) is 0 Å². The molecule has 0 bridgehead atoms. The summed E-state index contributed by atoms with van der Waals surface area (Å²) in [6.45, 7) is 0. The SMILES string of the molecule is c1cc(-n2c3ccccc3c3cc(-c4ccc5sc6ccccc6c5c4)ccc32)c2c(c1)cnc1cccnc12. The summed E-state index contributed by atoms with van der Waals surface area (Å²) in [5.74, 6) is 0. The molecular weight excluding hydrogens is 506 g/mol. The summed E-state index contributed by atoms with van der Waals surface area (Å²) < 4.78 is 5.05. The number of aromatic nitrogens is 3. The van der Waals surface area contributed by atoms with Gasteiger partial charge in [-0.2, -0.15) is 0 Å². The van der Waals surface area contributed by atoms with Gasteiger partial charge in [-0.1, -0.05) is 60.7 Å². The average molecular weight is 528 g/mol. The minimum Gasteiger partial charge on any atom is -0.309 e. The molecule has 0 unspecified atom stereocenters. The fourth-order valence-electron chi connectivity index (χ4n) is 6.26. The number of nitrogens with zero attached hydrogens (tertiary/aromatic N) is 3. The molecule has 0 atom stereocenters. The topological polar surface area (TPSA) is 30.7 Å². The van der Waals surface area contributed by atoms with E-state index in [1.165, 1.54) is 53.1 Å². The highest BCUT2D eigenvalue weighted by Gasteiger charge is 2.17. The number of rotatable bonds is 2. The van der Waals surface area contributed by atoms with Crippen molar-refractivity contribution in [1.29, 1.82) is 0 Å². The molecule has 3 nitrogen and oxygen atoms in total. The first-order valence-electron chi connectivity index (χ1n) is 13.4. The fourth-order valence-corrected chi connectivity index (χ4v) is 7.35. The van der Waals surface area contributed by atoms with Crippen molar-refractivity contribution < 1.29 is 0 Å². The lowest BCUT2D eigenvalue weighted by molar-refractivity contribution is 1.20. The smallest absolute Gasteiger partial charge is 0.0986 e. The largest absolute Gasteiger partial charge is 0.309 e. The van der Waals surface area contributed by atoms with Crippen molar-refractivity contribution >= 4 is 75.1 Å². The van der Waals surface area contributed by atoms with Gasteiger partial charge in [-0.05, 0) is 65.7 Å². The van der Waals surface area contributed by atoms with Crippen LogP contribution in [-0.4, -0.2) is 14.5 Å². The van der Waals surface area contributed by atoms with Gasteiger partial charge >= 0.3 is 0 Å². The van der Waals surface area contributed by atoms with Crippen LogP contribution < -0.4 is 0 Å². The minimum atomic E-state index is 0.904. The van der Waals surface area contributed by atoms with Gasteiger partial charge in [0.05, 0.1) is 27.8 Å². The third-order valence-electron chi connectivity index (χ3n) is 8.06. The number of thiophene rings is 1. The van der Waals surface area contributed by atoms with Crippen molar-refractivity contribution in [3.05, 3.63) is 128 Å². The quantitative estimate of drug-likeness (QED) is 0.209. The van der Waals surface area contributed by atoms with Crippen LogP contribution in [-0.2, 0) is 0 Å². The van der Waals surface area contributed by atoms with Crippen LogP contribution >= 0.6 is 11.3 Å². The second-order valence-corrected chi connectivity index (χ2v) is 11.3. The van der Waals surface area contributed by atoms with Gasteiger partial charge in [0.1, 0.15) is 0 Å². The van der Waals surface area contributed by atoms with Gasteiger partial charge < -0.3 is 4.57 Å². The molecule has 5 aromatic carbocycles. The first-order chi connectivity index (χ1) is 19.8. The normalized spacial score (nSPS) is 12.0. The Kier molecular flexibility index (Phi) is 4.48. The Hall–Kier alpha value is -5.06. The zero-order chi connectivity index (χ0) is 26.2. The van der Waals surface area contributed by atoms with E-state index < -0.39 is 0 Å². The van der Waals surface area contributed by atoms with Crippen LogP contribution in [0.25, 0.3) is 80.6 Å². The number of para-hydroxylation sites is 1. The van der Waals surface area contributed by atoms with Gasteiger partial charge in [0, 0.05) is 54.1 Å². The standard InChI is InChI=1S/C36H21N3S/c1-3-11-30-25(8-1)27-19-22(23-15-17-34-28(20-23)26-9-2-4-13-33(26)40-34)14-16-31(27)39(30)32-12-5-7-24-21-38-29-10-6-18-37-36(29)35(24)32/h1-21H. The maximum atomic E-state index is 4.76. The molecule has 0 N–H and O–H groups in total. The Balaban J connectivity index is 1.33. The van der Waals surface area contributed by atoms with Crippen LogP contribution in [0.5, 0.6) is 0 Å². The molecule has 4 aromatic heterocycles. The second-order valence-electron chi connectivity index (χ2n) is 10.3. The van der Waals surface area contributed by atoms with Crippen molar-refractivity contribution in [2.75, 3.05) is 0 Å². The van der Waals surface area contributed by atoms with Gasteiger partial charge in [0.15, 0.2) is 0 Å². The van der Waals surface area contributed by atoms with Gasteiger partial charge in [0.2, 0.25) is 0 Å². The van der Waals surface area contributed by atoms with E-state index >= 15 is 0 Å². The molecule has 0 saturated heterocycles. The van der Waals surface area contributed by atoms with Crippen molar-refractivity contribution in [3.8, 4) is 16.8 Å². The number of hydrogen-bond acceptors (Lipinski definition) is 3. The highest BCUT2D eigenvalue weighted by molar-refractivity contribution is 7.25. The van der Waals surface area contributed by atoms with Gasteiger partial charge in [-0.15, -0.1) is 11.3 Å². The molecule has 4 heteroatoms. The van der Waals surface area contributed by atoms with Crippen LogP contribution in [0.2, 0.25) is 0 Å². The number of fused-ring (bicyclic) bond motifs is 9. The van der Waals surface area contributed by atoms with Crippen LogP contribution in [0, 0.1) is 0 Å². The first kappa shape index (κ1) is 21.8. The molecule has 0 aliphatic carbocycles. The lowest BCUT2D eigenvalue weighted by Gasteiger charge is -2.13. The monoisotopic (exact) mass is 527 g/mol. The molecule has 0 saturated carbocycles. The zero-order valence-electron chi connectivity index (χ0n) is 21.4. The Labute approximate surface area is 233 Å². The lowest BCUT2D eigenvalue weighted by atomic mass is 10.0. The average Bonchev–Trinajstić information content (AvgIpc) is 3.55. The fraction of sp³-hybridized carbons (Fsp3) is 0. The third kappa shape index (κ3) is 3.05. The highest BCUT2D eigenvalue weighted by atomic mass is 32.1. The van der Waals surface area contributed by atoms with E-state index in [2.05, 4.69) is 113 Å². The van der Waals surface area contributed by atoms with E-state index in [9.17, 15) is 0 Å². The van der Waals surface area contributed by atoms with Gasteiger partial charge in [0.25, 0.3) is 0 Å². The van der Waals surface area contributed by atoms with Crippen LogP contribution in [0.4, 0.5) is 0 Å². The van der Waals surface area contributed by atoms with E-state index in [0.717, 1.165) is 27.5 Å². The van der Waals surface area contributed by atoms with Gasteiger partial charge in [-0.3, -0.25) is 9.97 Å². The molecule has 40 heavy (non-hydrogen) atoms.